The van der Waals surface area contributed by atoms with Crippen LogP contribution in [0.5, 0.6) is 0 Å². The molecule has 1 aromatic carbocycles. The van der Waals surface area contributed by atoms with Crippen molar-refractivity contribution >= 4 is 40.0 Å². The summed E-state index contributed by atoms with van der Waals surface area (Å²) in [5.74, 6) is -0.891. The molecule has 0 aliphatic heterocycles. The van der Waals surface area contributed by atoms with Gasteiger partial charge in [0, 0.05) is 18.1 Å². The Morgan fingerprint density at radius 1 is 1.37 bits per heavy atom. The predicted octanol–water partition coefficient (Wildman–Crippen LogP) is 3.11. The minimum absolute atomic E-state index is 0.0469. The van der Waals surface area contributed by atoms with Crippen molar-refractivity contribution in [3.63, 3.8) is 0 Å². The van der Waals surface area contributed by atoms with Gasteiger partial charge in [-0.05, 0) is 19.1 Å². The standard InChI is InChI=1S/C19H19FN6O2S2/c1-3-9-26-15(11-22-17(28)13-6-4-5-7-14(13)20)24-25-19(26)30-12(2)16(27)23-18-21-8-10-29-18/h3-8,10,12H,1,9,11H2,2H3,(H,22,28)(H,21,23,27). The molecule has 2 amide bonds. The number of hydrogen-bond acceptors (Lipinski definition) is 7. The number of benzene rings is 1. The molecular formula is C19H19FN6O2S2. The van der Waals surface area contributed by atoms with Gasteiger partial charge in [-0.2, -0.15) is 0 Å². The summed E-state index contributed by atoms with van der Waals surface area (Å²) in [6.45, 7) is 5.92. The van der Waals surface area contributed by atoms with Crippen molar-refractivity contribution in [2.75, 3.05) is 5.32 Å². The first-order valence-corrected chi connectivity index (χ1v) is 10.7. The van der Waals surface area contributed by atoms with E-state index >= 15 is 0 Å². The molecule has 8 nitrogen and oxygen atoms in total. The van der Waals surface area contributed by atoms with Gasteiger partial charge < -0.3 is 15.2 Å². The SMILES string of the molecule is C=CCn1c(CNC(=O)c2ccccc2F)nnc1SC(C)C(=O)Nc1nccs1. The predicted molar refractivity (Wildman–Crippen MR) is 114 cm³/mol. The molecule has 0 bridgehead atoms. The third kappa shape index (κ3) is 5.30. The molecule has 2 heterocycles. The quantitative estimate of drug-likeness (QED) is 0.387. The molecule has 0 aliphatic carbocycles. The van der Waals surface area contributed by atoms with E-state index in [-0.39, 0.29) is 18.0 Å². The number of halogens is 1. The van der Waals surface area contributed by atoms with Crippen molar-refractivity contribution in [1.82, 2.24) is 25.1 Å². The number of rotatable bonds is 9. The Labute approximate surface area is 180 Å². The summed E-state index contributed by atoms with van der Waals surface area (Å²) in [4.78, 5) is 28.6. The van der Waals surface area contributed by atoms with Gasteiger partial charge in [-0.25, -0.2) is 9.37 Å². The minimum Gasteiger partial charge on any atom is -0.345 e. The number of hydrogen-bond donors (Lipinski definition) is 2. The molecule has 1 unspecified atom stereocenters. The van der Waals surface area contributed by atoms with Gasteiger partial charge in [-0.15, -0.1) is 28.1 Å². The Hall–Kier alpha value is -3.05. The van der Waals surface area contributed by atoms with E-state index in [0.717, 1.165) is 0 Å². The summed E-state index contributed by atoms with van der Waals surface area (Å²) < 4.78 is 15.5. The smallest absolute Gasteiger partial charge is 0.254 e. The summed E-state index contributed by atoms with van der Waals surface area (Å²) >= 11 is 2.56. The number of thiazole rings is 1. The first kappa shape index (κ1) is 21.7. The Morgan fingerprint density at radius 3 is 2.87 bits per heavy atom. The first-order chi connectivity index (χ1) is 14.5. The van der Waals surface area contributed by atoms with E-state index in [9.17, 15) is 14.0 Å². The summed E-state index contributed by atoms with van der Waals surface area (Å²) in [5.41, 5.74) is -0.0469. The highest BCUT2D eigenvalue weighted by atomic mass is 32.2. The van der Waals surface area contributed by atoms with Gasteiger partial charge in [-0.3, -0.25) is 9.59 Å². The second-order valence-corrected chi connectivity index (χ2v) is 8.25. The zero-order chi connectivity index (χ0) is 21.5. The number of allylic oxidation sites excluding steroid dienone is 1. The molecule has 3 rings (SSSR count). The lowest BCUT2D eigenvalue weighted by Crippen LogP contribution is -2.26. The van der Waals surface area contributed by atoms with Crippen LogP contribution >= 0.6 is 23.1 Å². The van der Waals surface area contributed by atoms with Gasteiger partial charge in [0.1, 0.15) is 5.82 Å². The summed E-state index contributed by atoms with van der Waals surface area (Å²) in [6, 6.07) is 5.73. The summed E-state index contributed by atoms with van der Waals surface area (Å²) in [5, 5.41) is 16.0. The number of carbonyl (C=O) groups is 2. The lowest BCUT2D eigenvalue weighted by Gasteiger charge is -2.12. The fourth-order valence-electron chi connectivity index (χ4n) is 2.45. The first-order valence-electron chi connectivity index (χ1n) is 8.92. The summed E-state index contributed by atoms with van der Waals surface area (Å²) in [7, 11) is 0. The molecule has 0 spiro atoms. The van der Waals surface area contributed by atoms with Crippen LogP contribution in [0.1, 0.15) is 23.1 Å². The van der Waals surface area contributed by atoms with Crippen LogP contribution < -0.4 is 10.6 Å². The van der Waals surface area contributed by atoms with Crippen molar-refractivity contribution in [2.24, 2.45) is 0 Å². The van der Waals surface area contributed by atoms with Crippen LogP contribution in [0.15, 0.2) is 53.7 Å². The number of nitrogens with zero attached hydrogens (tertiary/aromatic N) is 4. The Morgan fingerprint density at radius 2 is 2.17 bits per heavy atom. The molecule has 11 heteroatoms. The molecule has 2 aromatic heterocycles. The topological polar surface area (TPSA) is 102 Å². The van der Waals surface area contributed by atoms with Crippen LogP contribution in [-0.2, 0) is 17.9 Å². The third-order valence-corrected chi connectivity index (χ3v) is 5.71. The van der Waals surface area contributed by atoms with E-state index in [1.165, 1.54) is 41.3 Å². The van der Waals surface area contributed by atoms with Crippen molar-refractivity contribution < 1.29 is 14.0 Å². The summed E-state index contributed by atoms with van der Waals surface area (Å²) in [6.07, 6.45) is 3.27. The van der Waals surface area contributed by atoms with Gasteiger partial charge in [0.15, 0.2) is 16.1 Å². The van der Waals surface area contributed by atoms with Gasteiger partial charge in [0.05, 0.1) is 17.4 Å². The lowest BCUT2D eigenvalue weighted by molar-refractivity contribution is -0.115. The molecule has 2 N–H and O–H groups in total. The zero-order valence-electron chi connectivity index (χ0n) is 16.0. The van der Waals surface area contributed by atoms with Crippen molar-refractivity contribution in [3.05, 3.63) is 65.7 Å². The highest BCUT2D eigenvalue weighted by Crippen LogP contribution is 2.24. The van der Waals surface area contributed by atoms with E-state index in [1.807, 2.05) is 0 Å². The number of amides is 2. The van der Waals surface area contributed by atoms with E-state index in [4.69, 9.17) is 0 Å². The maximum absolute atomic E-state index is 13.8. The molecule has 0 radical (unpaired) electrons. The molecule has 0 saturated carbocycles. The Balaban J connectivity index is 1.67. The molecule has 0 aliphatic rings. The fourth-order valence-corrected chi connectivity index (χ4v) is 3.86. The second kappa shape index (κ2) is 10.1. The van der Waals surface area contributed by atoms with Gasteiger partial charge >= 0.3 is 0 Å². The molecule has 0 fully saturated rings. The van der Waals surface area contributed by atoms with Gasteiger partial charge in [0.2, 0.25) is 5.91 Å². The highest BCUT2D eigenvalue weighted by molar-refractivity contribution is 8.00. The van der Waals surface area contributed by atoms with E-state index in [0.29, 0.717) is 22.7 Å². The van der Waals surface area contributed by atoms with Gasteiger partial charge in [0.25, 0.3) is 5.91 Å². The lowest BCUT2D eigenvalue weighted by atomic mass is 10.2. The molecular weight excluding hydrogens is 427 g/mol. The zero-order valence-corrected chi connectivity index (χ0v) is 17.7. The van der Waals surface area contributed by atoms with E-state index in [2.05, 4.69) is 32.4 Å². The monoisotopic (exact) mass is 446 g/mol. The van der Waals surface area contributed by atoms with Crippen molar-refractivity contribution in [3.8, 4) is 0 Å². The number of aromatic nitrogens is 4. The van der Waals surface area contributed by atoms with Crippen LogP contribution in [-0.4, -0.2) is 36.8 Å². The molecule has 30 heavy (non-hydrogen) atoms. The molecule has 0 saturated heterocycles. The van der Waals surface area contributed by atoms with Crippen molar-refractivity contribution in [2.45, 2.75) is 30.4 Å². The number of anilines is 1. The van der Waals surface area contributed by atoms with Crippen LogP contribution in [0.2, 0.25) is 0 Å². The number of thioether (sulfide) groups is 1. The van der Waals surface area contributed by atoms with Crippen LogP contribution in [0.3, 0.4) is 0 Å². The molecule has 1 atom stereocenters. The third-order valence-electron chi connectivity index (χ3n) is 3.94. The average Bonchev–Trinajstić information content (AvgIpc) is 3.37. The van der Waals surface area contributed by atoms with Gasteiger partial charge in [-0.1, -0.05) is 30.0 Å². The van der Waals surface area contributed by atoms with E-state index < -0.39 is 17.0 Å². The highest BCUT2D eigenvalue weighted by Gasteiger charge is 2.21. The Bertz CT molecular complexity index is 1040. The molecule has 3 aromatic rings. The normalized spacial score (nSPS) is 11.7. The largest absolute Gasteiger partial charge is 0.345 e. The van der Waals surface area contributed by atoms with Crippen LogP contribution in [0, 0.1) is 5.82 Å². The maximum Gasteiger partial charge on any atom is 0.254 e. The average molecular weight is 447 g/mol. The number of carbonyl (C=O) groups excluding carboxylic acids is 2. The molecule has 156 valence electrons. The minimum atomic E-state index is -0.598. The van der Waals surface area contributed by atoms with Crippen LogP contribution in [0.4, 0.5) is 9.52 Å². The van der Waals surface area contributed by atoms with Crippen LogP contribution in [0.25, 0.3) is 0 Å². The Kier molecular flexibility index (Phi) is 7.31. The van der Waals surface area contributed by atoms with E-state index in [1.54, 1.807) is 35.2 Å². The fraction of sp³-hybridized carbons (Fsp3) is 0.211. The maximum atomic E-state index is 13.8. The number of nitrogens with one attached hydrogen (secondary N) is 2. The second-order valence-electron chi connectivity index (χ2n) is 6.05. The van der Waals surface area contributed by atoms with Crippen molar-refractivity contribution in [1.29, 1.82) is 0 Å².